The molecule has 0 spiro atoms. The number of carbonyl (C=O) groups excluding carboxylic acids is 2. The monoisotopic (exact) mass is 369 g/mol. The lowest BCUT2D eigenvalue weighted by molar-refractivity contribution is -0.117. The topological polar surface area (TPSA) is 82.0 Å². The smallest absolute Gasteiger partial charge is 0.238 e. The van der Waals surface area contributed by atoms with Gasteiger partial charge in [-0.15, -0.1) is 0 Å². The van der Waals surface area contributed by atoms with Crippen LogP contribution in [0, 0.1) is 11.3 Å². The highest BCUT2D eigenvalue weighted by molar-refractivity contribution is 6.03. The van der Waals surface area contributed by atoms with Crippen LogP contribution < -0.4 is 10.6 Å². The van der Waals surface area contributed by atoms with Crippen LogP contribution in [0.4, 0.5) is 11.4 Å². The molecule has 2 amide bonds. The molecule has 0 heterocycles. The summed E-state index contributed by atoms with van der Waals surface area (Å²) in [5, 5.41) is 14.3. The molecule has 0 saturated carbocycles. The highest BCUT2D eigenvalue weighted by atomic mass is 16.2. The molecule has 5 heteroatoms. The van der Waals surface area contributed by atoms with Crippen LogP contribution in [0.25, 0.3) is 0 Å². The van der Waals surface area contributed by atoms with E-state index in [4.69, 9.17) is 5.26 Å². The number of nitrogens with one attached hydrogen (secondary N) is 2. The largest absolute Gasteiger partial charge is 0.323 e. The van der Waals surface area contributed by atoms with Crippen LogP contribution >= 0.6 is 0 Å². The van der Waals surface area contributed by atoms with Crippen molar-refractivity contribution in [3.05, 3.63) is 96.1 Å². The number of hydrogen-bond donors (Lipinski definition) is 2. The summed E-state index contributed by atoms with van der Waals surface area (Å²) in [5.41, 5.74) is 2.68. The summed E-state index contributed by atoms with van der Waals surface area (Å²) in [6.45, 7) is 0. The van der Waals surface area contributed by atoms with E-state index in [0.717, 1.165) is 11.1 Å². The lowest BCUT2D eigenvalue weighted by Crippen LogP contribution is -2.23. The van der Waals surface area contributed by atoms with E-state index >= 15 is 0 Å². The summed E-state index contributed by atoms with van der Waals surface area (Å²) in [5.74, 6) is -1.13. The molecule has 5 nitrogen and oxygen atoms in total. The molecule has 3 rings (SSSR count). The minimum absolute atomic E-state index is 0.209. The zero-order chi connectivity index (χ0) is 19.8. The Labute approximate surface area is 163 Å². The Balaban J connectivity index is 1.90. The third-order valence-electron chi connectivity index (χ3n) is 4.23. The summed E-state index contributed by atoms with van der Waals surface area (Å²) in [7, 11) is 0. The van der Waals surface area contributed by atoms with Crippen LogP contribution in [0.1, 0.15) is 23.5 Å². The van der Waals surface area contributed by atoms with Gasteiger partial charge in [0.2, 0.25) is 11.8 Å². The quantitative estimate of drug-likeness (QED) is 0.679. The fourth-order valence-corrected chi connectivity index (χ4v) is 2.96. The summed E-state index contributed by atoms with van der Waals surface area (Å²) in [6, 6.07) is 27.8. The molecule has 0 aliphatic heterocycles. The van der Waals surface area contributed by atoms with Gasteiger partial charge in [-0.3, -0.25) is 9.59 Å². The minimum atomic E-state index is -0.495. The van der Waals surface area contributed by atoms with Gasteiger partial charge in [0.1, 0.15) is 6.42 Å². The van der Waals surface area contributed by atoms with Crippen molar-refractivity contribution in [2.24, 2.45) is 0 Å². The first-order chi connectivity index (χ1) is 13.7. The second-order valence-electron chi connectivity index (χ2n) is 6.17. The normalized spacial score (nSPS) is 10.1. The zero-order valence-electron chi connectivity index (χ0n) is 15.1. The van der Waals surface area contributed by atoms with Gasteiger partial charge in [0, 0.05) is 0 Å². The van der Waals surface area contributed by atoms with E-state index in [2.05, 4.69) is 10.6 Å². The molecule has 0 fully saturated rings. The summed E-state index contributed by atoms with van der Waals surface area (Å²) in [6.07, 6.45) is -0.251. The van der Waals surface area contributed by atoms with Crippen molar-refractivity contribution < 1.29 is 9.59 Å². The number of amides is 2. The second-order valence-corrected chi connectivity index (χ2v) is 6.17. The van der Waals surface area contributed by atoms with Crippen LogP contribution in [0.3, 0.4) is 0 Å². The molecule has 2 N–H and O–H groups in total. The maximum atomic E-state index is 13.2. The Morgan fingerprint density at radius 3 is 1.71 bits per heavy atom. The van der Waals surface area contributed by atoms with Gasteiger partial charge >= 0.3 is 0 Å². The number of anilines is 2. The van der Waals surface area contributed by atoms with Gasteiger partial charge < -0.3 is 10.6 Å². The van der Waals surface area contributed by atoms with E-state index < -0.39 is 11.8 Å². The van der Waals surface area contributed by atoms with Crippen LogP contribution in [0.15, 0.2) is 84.9 Å². The van der Waals surface area contributed by atoms with Crippen molar-refractivity contribution >= 4 is 23.2 Å². The molecule has 28 heavy (non-hydrogen) atoms. The second kappa shape index (κ2) is 9.15. The number of nitrogens with zero attached hydrogens (tertiary/aromatic N) is 1. The molecule has 0 radical (unpaired) electrons. The van der Waals surface area contributed by atoms with E-state index in [1.165, 1.54) is 0 Å². The van der Waals surface area contributed by atoms with Crippen molar-refractivity contribution in [3.63, 3.8) is 0 Å². The fraction of sp³-hybridized carbons (Fsp3) is 0.0870. The van der Waals surface area contributed by atoms with Crippen LogP contribution in [0.2, 0.25) is 0 Å². The molecule has 0 aliphatic carbocycles. The molecular weight excluding hydrogens is 350 g/mol. The lowest BCUT2D eigenvalue weighted by Gasteiger charge is -2.19. The molecule has 0 atom stereocenters. The van der Waals surface area contributed by atoms with Gasteiger partial charge in [0.25, 0.3) is 0 Å². The molecule has 0 aliphatic rings. The van der Waals surface area contributed by atoms with Gasteiger partial charge in [-0.05, 0) is 23.3 Å². The third kappa shape index (κ3) is 4.63. The number of nitriles is 1. The molecule has 0 saturated heterocycles. The first-order valence-electron chi connectivity index (χ1n) is 8.85. The number of rotatable bonds is 6. The first kappa shape index (κ1) is 18.9. The number of carbonyl (C=O) groups is 2. The van der Waals surface area contributed by atoms with Crippen LogP contribution in [0.5, 0.6) is 0 Å². The van der Waals surface area contributed by atoms with Gasteiger partial charge in [0.15, 0.2) is 0 Å². The number of para-hydroxylation sites is 2. The average Bonchev–Trinajstić information content (AvgIpc) is 2.71. The molecule has 3 aromatic carbocycles. The molecule has 0 aromatic heterocycles. The van der Waals surface area contributed by atoms with E-state index in [-0.39, 0.29) is 12.3 Å². The predicted octanol–water partition coefficient (Wildman–Crippen LogP) is 4.31. The zero-order valence-corrected chi connectivity index (χ0v) is 15.1. The Morgan fingerprint density at radius 1 is 0.750 bits per heavy atom. The van der Waals surface area contributed by atoms with E-state index in [9.17, 15) is 9.59 Å². The first-order valence-corrected chi connectivity index (χ1v) is 8.85. The highest BCUT2D eigenvalue weighted by Gasteiger charge is 2.23. The van der Waals surface area contributed by atoms with E-state index in [1.54, 1.807) is 24.3 Å². The molecule has 0 unspecified atom stereocenters. The maximum Gasteiger partial charge on any atom is 0.238 e. The van der Waals surface area contributed by atoms with Crippen molar-refractivity contribution in [1.29, 1.82) is 5.26 Å². The summed E-state index contributed by atoms with van der Waals surface area (Å²) < 4.78 is 0. The van der Waals surface area contributed by atoms with Gasteiger partial charge in [0.05, 0.1) is 23.4 Å². The van der Waals surface area contributed by atoms with Gasteiger partial charge in [-0.1, -0.05) is 72.8 Å². The summed E-state index contributed by atoms with van der Waals surface area (Å²) in [4.78, 5) is 25.0. The Morgan fingerprint density at radius 2 is 1.21 bits per heavy atom. The van der Waals surface area contributed by atoms with Crippen LogP contribution in [-0.2, 0) is 9.59 Å². The minimum Gasteiger partial charge on any atom is -0.323 e. The standard InChI is InChI=1S/C23H19N3O2/c24-16-15-21(27)25-19-13-7-8-14-20(19)26-23(28)22(17-9-3-1-4-10-17)18-11-5-2-6-12-18/h1-14,22H,15H2,(H,25,27)(H,26,28). The SMILES string of the molecule is N#CCC(=O)Nc1ccccc1NC(=O)C(c1ccccc1)c1ccccc1. The number of benzene rings is 3. The van der Waals surface area contributed by atoms with Gasteiger partial charge in [-0.2, -0.15) is 5.26 Å². The Kier molecular flexibility index (Phi) is 6.17. The van der Waals surface area contributed by atoms with E-state index in [0.29, 0.717) is 11.4 Å². The Hall–Kier alpha value is -3.91. The summed E-state index contributed by atoms with van der Waals surface area (Å²) >= 11 is 0. The van der Waals surface area contributed by atoms with Crippen LogP contribution in [-0.4, -0.2) is 11.8 Å². The molecule has 138 valence electrons. The van der Waals surface area contributed by atoms with Crippen molar-refractivity contribution in [1.82, 2.24) is 0 Å². The highest BCUT2D eigenvalue weighted by Crippen LogP contribution is 2.28. The van der Waals surface area contributed by atoms with Crippen molar-refractivity contribution in [3.8, 4) is 6.07 Å². The number of hydrogen-bond acceptors (Lipinski definition) is 3. The van der Waals surface area contributed by atoms with E-state index in [1.807, 2.05) is 66.7 Å². The third-order valence-corrected chi connectivity index (χ3v) is 4.23. The molecule has 0 bridgehead atoms. The average molecular weight is 369 g/mol. The Bertz CT molecular complexity index is 956. The van der Waals surface area contributed by atoms with Gasteiger partial charge in [-0.25, -0.2) is 0 Å². The molecule has 3 aromatic rings. The predicted molar refractivity (Wildman–Crippen MR) is 109 cm³/mol. The fourth-order valence-electron chi connectivity index (χ4n) is 2.96. The lowest BCUT2D eigenvalue weighted by atomic mass is 9.90. The maximum absolute atomic E-state index is 13.2. The van der Waals surface area contributed by atoms with Crippen molar-refractivity contribution in [2.45, 2.75) is 12.3 Å². The van der Waals surface area contributed by atoms with Crippen molar-refractivity contribution in [2.75, 3.05) is 10.6 Å². The molecular formula is C23H19N3O2.